The van der Waals surface area contributed by atoms with Crippen LogP contribution < -0.4 is 19.7 Å². The molecule has 0 bridgehead atoms. The van der Waals surface area contributed by atoms with E-state index in [1.807, 2.05) is 30.3 Å². The SMILES string of the molecule is O=C(Oc1ccc(OCc2ccccc2)cc1)c1ccc(NC2=C(Cl)C(=O)N(c3ccc(Cl)cc3Cl)C2=O)cc1. The summed E-state index contributed by atoms with van der Waals surface area (Å²) in [4.78, 5) is 39.2. The summed E-state index contributed by atoms with van der Waals surface area (Å²) < 4.78 is 11.2. The topological polar surface area (TPSA) is 84.9 Å². The molecule has 200 valence electrons. The molecule has 4 aromatic carbocycles. The van der Waals surface area contributed by atoms with Gasteiger partial charge >= 0.3 is 5.97 Å². The Bertz CT molecular complexity index is 1620. The molecule has 0 unspecified atom stereocenters. The van der Waals surface area contributed by atoms with E-state index in [2.05, 4.69) is 5.32 Å². The van der Waals surface area contributed by atoms with Gasteiger partial charge in [-0.1, -0.05) is 65.1 Å². The number of carbonyl (C=O) groups excluding carboxylic acids is 3. The van der Waals surface area contributed by atoms with Crippen LogP contribution in [0.25, 0.3) is 0 Å². The fraction of sp³-hybridized carbons (Fsp3) is 0.0333. The van der Waals surface area contributed by atoms with Crippen molar-refractivity contribution >= 4 is 64.0 Å². The first kappa shape index (κ1) is 27.3. The quantitative estimate of drug-likeness (QED) is 0.132. The minimum atomic E-state index is -0.727. The van der Waals surface area contributed by atoms with Gasteiger partial charge in [-0.05, 0) is 72.3 Å². The Balaban J connectivity index is 1.20. The summed E-state index contributed by atoms with van der Waals surface area (Å²) >= 11 is 18.3. The maximum Gasteiger partial charge on any atom is 0.343 e. The Morgan fingerprint density at radius 3 is 2.12 bits per heavy atom. The molecule has 0 radical (unpaired) electrons. The van der Waals surface area contributed by atoms with Gasteiger partial charge in [-0.3, -0.25) is 9.59 Å². The van der Waals surface area contributed by atoms with Gasteiger partial charge in [-0.25, -0.2) is 9.69 Å². The fourth-order valence-electron chi connectivity index (χ4n) is 3.84. The lowest BCUT2D eigenvalue weighted by atomic mass is 10.2. The maximum atomic E-state index is 13.0. The van der Waals surface area contributed by atoms with Crippen LogP contribution >= 0.6 is 34.8 Å². The first-order valence-electron chi connectivity index (χ1n) is 11.9. The number of halogens is 3. The molecule has 0 saturated carbocycles. The second-order valence-corrected chi connectivity index (χ2v) is 9.79. The standard InChI is InChI=1S/C30H19Cl3N2O5/c31-20-8-15-25(24(32)16-20)35-28(36)26(33)27(29(35)37)34-21-9-6-19(7-10-21)30(38)40-23-13-11-22(12-14-23)39-17-18-4-2-1-3-5-18/h1-16,34H,17H2. The predicted molar refractivity (Wildman–Crippen MR) is 154 cm³/mol. The Morgan fingerprint density at radius 1 is 0.775 bits per heavy atom. The van der Waals surface area contributed by atoms with Crippen molar-refractivity contribution in [3.8, 4) is 11.5 Å². The predicted octanol–water partition coefficient (Wildman–Crippen LogP) is 7.23. The molecule has 0 atom stereocenters. The maximum absolute atomic E-state index is 13.0. The molecule has 5 rings (SSSR count). The van der Waals surface area contributed by atoms with Gasteiger partial charge in [0, 0.05) is 10.7 Å². The van der Waals surface area contributed by atoms with Crippen LogP contribution in [0.5, 0.6) is 11.5 Å². The molecule has 1 aliphatic rings. The van der Waals surface area contributed by atoms with E-state index in [9.17, 15) is 14.4 Å². The van der Waals surface area contributed by atoms with Gasteiger partial charge in [0.2, 0.25) is 0 Å². The Labute approximate surface area is 244 Å². The number of ether oxygens (including phenoxy) is 2. The van der Waals surface area contributed by atoms with Crippen LogP contribution in [0, 0.1) is 0 Å². The van der Waals surface area contributed by atoms with Crippen LogP contribution in [0.15, 0.2) is 108 Å². The van der Waals surface area contributed by atoms with Crippen LogP contribution in [0.4, 0.5) is 11.4 Å². The van der Waals surface area contributed by atoms with Crippen molar-refractivity contribution in [1.82, 2.24) is 0 Å². The molecule has 7 nitrogen and oxygen atoms in total. The number of hydrogen-bond donors (Lipinski definition) is 1. The highest BCUT2D eigenvalue weighted by molar-refractivity contribution is 6.54. The van der Waals surface area contributed by atoms with Crippen molar-refractivity contribution < 1.29 is 23.9 Å². The molecule has 0 saturated heterocycles. The number of carbonyl (C=O) groups is 3. The molecular weight excluding hydrogens is 575 g/mol. The molecule has 1 N–H and O–H groups in total. The highest BCUT2D eigenvalue weighted by atomic mass is 35.5. The van der Waals surface area contributed by atoms with Gasteiger partial charge < -0.3 is 14.8 Å². The number of nitrogens with one attached hydrogen (secondary N) is 1. The van der Waals surface area contributed by atoms with E-state index in [0.29, 0.717) is 28.8 Å². The molecule has 0 aliphatic carbocycles. The number of imide groups is 1. The molecule has 0 spiro atoms. The average molecular weight is 594 g/mol. The molecule has 4 aromatic rings. The third kappa shape index (κ3) is 5.97. The zero-order valence-electron chi connectivity index (χ0n) is 20.6. The Kier molecular flexibility index (Phi) is 8.07. The second-order valence-electron chi connectivity index (χ2n) is 8.57. The van der Waals surface area contributed by atoms with Gasteiger partial charge in [-0.2, -0.15) is 0 Å². The molecule has 0 aromatic heterocycles. The summed E-state index contributed by atoms with van der Waals surface area (Å²) in [6.45, 7) is 0.426. The summed E-state index contributed by atoms with van der Waals surface area (Å²) in [6, 6.07) is 27.0. The molecule has 0 fully saturated rings. The first-order chi connectivity index (χ1) is 19.3. The van der Waals surface area contributed by atoms with E-state index in [1.165, 1.54) is 30.3 Å². The number of hydrogen-bond acceptors (Lipinski definition) is 6. The summed E-state index contributed by atoms with van der Waals surface area (Å²) in [7, 11) is 0. The number of esters is 1. The second kappa shape index (κ2) is 11.8. The highest BCUT2D eigenvalue weighted by Gasteiger charge is 2.39. The fourth-order valence-corrected chi connectivity index (χ4v) is 4.54. The lowest BCUT2D eigenvalue weighted by Crippen LogP contribution is -2.32. The van der Waals surface area contributed by atoms with Crippen molar-refractivity contribution in [3.63, 3.8) is 0 Å². The van der Waals surface area contributed by atoms with E-state index < -0.39 is 17.8 Å². The van der Waals surface area contributed by atoms with Gasteiger partial charge in [0.25, 0.3) is 11.8 Å². The first-order valence-corrected chi connectivity index (χ1v) is 13.0. The smallest absolute Gasteiger partial charge is 0.343 e. The van der Waals surface area contributed by atoms with Crippen LogP contribution in [0.3, 0.4) is 0 Å². The number of rotatable bonds is 8. The molecule has 2 amide bonds. The van der Waals surface area contributed by atoms with E-state index in [1.54, 1.807) is 36.4 Å². The van der Waals surface area contributed by atoms with Crippen molar-refractivity contribution in [1.29, 1.82) is 0 Å². The summed E-state index contributed by atoms with van der Waals surface area (Å²) in [5.41, 5.74) is 1.78. The number of amides is 2. The van der Waals surface area contributed by atoms with Gasteiger partial charge in [0.05, 0.1) is 16.3 Å². The Hall–Kier alpha value is -4.30. The van der Waals surface area contributed by atoms with Crippen LogP contribution in [0.1, 0.15) is 15.9 Å². The van der Waals surface area contributed by atoms with E-state index in [4.69, 9.17) is 44.3 Å². The monoisotopic (exact) mass is 592 g/mol. The molecule has 10 heteroatoms. The summed E-state index contributed by atoms with van der Waals surface area (Å²) in [5.74, 6) is -0.984. The van der Waals surface area contributed by atoms with Crippen LogP contribution in [0.2, 0.25) is 10.0 Å². The molecule has 1 aliphatic heterocycles. The third-order valence-electron chi connectivity index (χ3n) is 5.85. The minimum absolute atomic E-state index is 0.122. The lowest BCUT2D eigenvalue weighted by molar-refractivity contribution is -0.120. The number of anilines is 2. The van der Waals surface area contributed by atoms with Crippen molar-refractivity contribution in [3.05, 3.63) is 129 Å². The minimum Gasteiger partial charge on any atom is -0.489 e. The highest BCUT2D eigenvalue weighted by Crippen LogP contribution is 2.35. The normalized spacial score (nSPS) is 13.0. The Morgan fingerprint density at radius 2 is 1.45 bits per heavy atom. The average Bonchev–Trinajstić information content (AvgIpc) is 3.16. The van der Waals surface area contributed by atoms with E-state index in [-0.39, 0.29) is 27.0 Å². The number of nitrogens with zero attached hydrogens (tertiary/aromatic N) is 1. The van der Waals surface area contributed by atoms with Crippen molar-refractivity contribution in [2.45, 2.75) is 6.61 Å². The van der Waals surface area contributed by atoms with E-state index in [0.717, 1.165) is 10.5 Å². The number of benzene rings is 4. The van der Waals surface area contributed by atoms with Crippen LogP contribution in [-0.4, -0.2) is 17.8 Å². The molecular formula is C30H19Cl3N2O5. The van der Waals surface area contributed by atoms with Crippen molar-refractivity contribution in [2.75, 3.05) is 10.2 Å². The summed E-state index contributed by atoms with van der Waals surface area (Å²) in [5, 5.41) is 3.03. The largest absolute Gasteiger partial charge is 0.489 e. The van der Waals surface area contributed by atoms with E-state index >= 15 is 0 Å². The molecule has 1 heterocycles. The molecule has 40 heavy (non-hydrogen) atoms. The lowest BCUT2D eigenvalue weighted by Gasteiger charge is -2.16. The van der Waals surface area contributed by atoms with Gasteiger partial charge in [-0.15, -0.1) is 0 Å². The summed E-state index contributed by atoms with van der Waals surface area (Å²) in [6.07, 6.45) is 0. The van der Waals surface area contributed by atoms with Crippen molar-refractivity contribution in [2.24, 2.45) is 0 Å². The third-order valence-corrected chi connectivity index (χ3v) is 6.74. The van der Waals surface area contributed by atoms with Crippen LogP contribution in [-0.2, 0) is 16.2 Å². The van der Waals surface area contributed by atoms with Gasteiger partial charge in [0.15, 0.2) is 0 Å². The zero-order chi connectivity index (χ0) is 28.2. The zero-order valence-corrected chi connectivity index (χ0v) is 22.8. The van der Waals surface area contributed by atoms with Gasteiger partial charge in [0.1, 0.15) is 28.8 Å².